The summed E-state index contributed by atoms with van der Waals surface area (Å²) in [5.41, 5.74) is 0.348. The van der Waals surface area contributed by atoms with E-state index in [4.69, 9.17) is 15.3 Å². The summed E-state index contributed by atoms with van der Waals surface area (Å²) in [7, 11) is 0. The summed E-state index contributed by atoms with van der Waals surface area (Å²) in [6.07, 6.45) is 1.18. The molecular formula is C7H13N3O3. The van der Waals surface area contributed by atoms with Crippen molar-refractivity contribution in [2.24, 2.45) is 0 Å². The molecule has 0 aromatic carbocycles. The third kappa shape index (κ3) is 2.76. The Hall–Kier alpha value is -0.980. The van der Waals surface area contributed by atoms with Crippen LogP contribution in [0.5, 0.6) is 0 Å². The maximum Gasteiger partial charge on any atom is 0.122 e. The molecule has 1 heterocycles. The molecule has 0 aliphatic heterocycles. The predicted molar refractivity (Wildman–Crippen MR) is 43.8 cm³/mol. The van der Waals surface area contributed by atoms with E-state index in [1.54, 1.807) is 6.20 Å². The molecule has 3 N–H and O–H groups in total. The number of aliphatic hydroxyl groups excluding tert-OH is 3. The summed E-state index contributed by atoms with van der Waals surface area (Å²) >= 11 is 0. The molecule has 0 spiro atoms. The molecule has 0 aliphatic carbocycles. The summed E-state index contributed by atoms with van der Waals surface area (Å²) in [5, 5.41) is 33.7. The standard InChI is InChI=1S/C7H13N3O3/c11-3-1-2-10-4-6(8-9-10)7(13)5-12/h4,7,11-13H,1-3,5H2. The summed E-state index contributed by atoms with van der Waals surface area (Å²) in [4.78, 5) is 0. The van der Waals surface area contributed by atoms with Gasteiger partial charge in [-0.3, -0.25) is 4.68 Å². The van der Waals surface area contributed by atoms with Crippen LogP contribution in [0.25, 0.3) is 0 Å². The average Bonchev–Trinajstić information content (AvgIpc) is 2.62. The van der Waals surface area contributed by atoms with Crippen molar-refractivity contribution in [1.29, 1.82) is 0 Å². The minimum Gasteiger partial charge on any atom is -0.396 e. The van der Waals surface area contributed by atoms with Crippen LogP contribution in [0.4, 0.5) is 0 Å². The number of hydrogen-bond acceptors (Lipinski definition) is 5. The van der Waals surface area contributed by atoms with Crippen molar-refractivity contribution in [1.82, 2.24) is 15.0 Å². The Labute approximate surface area is 75.4 Å². The summed E-state index contributed by atoms with van der Waals surface area (Å²) < 4.78 is 1.52. The third-order valence-electron chi connectivity index (χ3n) is 1.62. The van der Waals surface area contributed by atoms with E-state index in [1.807, 2.05) is 0 Å². The normalized spacial score (nSPS) is 13.2. The van der Waals surface area contributed by atoms with Gasteiger partial charge in [-0.15, -0.1) is 5.10 Å². The van der Waals surface area contributed by atoms with Gasteiger partial charge in [-0.2, -0.15) is 0 Å². The Morgan fingerprint density at radius 1 is 1.46 bits per heavy atom. The van der Waals surface area contributed by atoms with Crippen LogP contribution in [0.15, 0.2) is 6.20 Å². The van der Waals surface area contributed by atoms with Gasteiger partial charge < -0.3 is 15.3 Å². The van der Waals surface area contributed by atoms with Crippen LogP contribution < -0.4 is 0 Å². The van der Waals surface area contributed by atoms with Crippen molar-refractivity contribution in [3.05, 3.63) is 11.9 Å². The molecule has 6 nitrogen and oxygen atoms in total. The van der Waals surface area contributed by atoms with Crippen molar-refractivity contribution in [3.8, 4) is 0 Å². The molecule has 1 unspecified atom stereocenters. The van der Waals surface area contributed by atoms with Gasteiger partial charge in [-0.1, -0.05) is 5.21 Å². The molecule has 0 bridgehead atoms. The first-order valence-corrected chi connectivity index (χ1v) is 4.07. The predicted octanol–water partition coefficient (Wildman–Crippen LogP) is -1.31. The second kappa shape index (κ2) is 4.90. The number of hydrogen-bond donors (Lipinski definition) is 3. The van der Waals surface area contributed by atoms with Gasteiger partial charge in [0.2, 0.25) is 0 Å². The second-order valence-corrected chi connectivity index (χ2v) is 2.68. The van der Waals surface area contributed by atoms with E-state index in [9.17, 15) is 0 Å². The first kappa shape index (κ1) is 10.1. The van der Waals surface area contributed by atoms with Gasteiger partial charge in [0.25, 0.3) is 0 Å². The van der Waals surface area contributed by atoms with Gasteiger partial charge in [0.05, 0.1) is 12.8 Å². The number of nitrogens with zero attached hydrogens (tertiary/aromatic N) is 3. The van der Waals surface area contributed by atoms with Gasteiger partial charge in [-0.25, -0.2) is 0 Å². The SMILES string of the molecule is OCCCn1cc(C(O)CO)nn1. The molecule has 0 saturated carbocycles. The number of aromatic nitrogens is 3. The number of aryl methyl sites for hydroxylation is 1. The fourth-order valence-corrected chi connectivity index (χ4v) is 0.902. The van der Waals surface area contributed by atoms with Gasteiger partial charge in [0, 0.05) is 13.2 Å². The lowest BCUT2D eigenvalue weighted by molar-refractivity contribution is 0.0921. The minimum atomic E-state index is -0.970. The van der Waals surface area contributed by atoms with E-state index in [0.29, 0.717) is 18.7 Å². The summed E-state index contributed by atoms with van der Waals surface area (Å²) in [6, 6.07) is 0. The lowest BCUT2D eigenvalue weighted by atomic mass is 10.3. The van der Waals surface area contributed by atoms with E-state index in [2.05, 4.69) is 10.3 Å². The van der Waals surface area contributed by atoms with Crippen LogP contribution in [0.3, 0.4) is 0 Å². The molecular weight excluding hydrogens is 174 g/mol. The number of rotatable bonds is 5. The molecule has 0 aliphatic rings. The average molecular weight is 187 g/mol. The Kier molecular flexibility index (Phi) is 3.81. The molecule has 0 saturated heterocycles. The summed E-state index contributed by atoms with van der Waals surface area (Å²) in [5.74, 6) is 0. The second-order valence-electron chi connectivity index (χ2n) is 2.68. The molecule has 13 heavy (non-hydrogen) atoms. The van der Waals surface area contributed by atoms with Crippen LogP contribution in [0, 0.1) is 0 Å². The molecule has 6 heteroatoms. The topological polar surface area (TPSA) is 91.4 Å². The largest absolute Gasteiger partial charge is 0.396 e. The highest BCUT2D eigenvalue weighted by molar-refractivity contribution is 4.96. The highest BCUT2D eigenvalue weighted by atomic mass is 16.3. The number of aliphatic hydroxyl groups is 3. The monoisotopic (exact) mass is 187 g/mol. The van der Waals surface area contributed by atoms with Crippen LogP contribution in [0.1, 0.15) is 18.2 Å². The highest BCUT2D eigenvalue weighted by Gasteiger charge is 2.09. The van der Waals surface area contributed by atoms with E-state index in [1.165, 1.54) is 4.68 Å². The molecule has 1 aromatic rings. The van der Waals surface area contributed by atoms with Gasteiger partial charge in [0.1, 0.15) is 11.8 Å². The molecule has 0 amide bonds. The smallest absolute Gasteiger partial charge is 0.122 e. The van der Waals surface area contributed by atoms with E-state index in [-0.39, 0.29) is 13.2 Å². The fourth-order valence-electron chi connectivity index (χ4n) is 0.902. The van der Waals surface area contributed by atoms with E-state index < -0.39 is 6.10 Å². The zero-order chi connectivity index (χ0) is 9.68. The quantitative estimate of drug-likeness (QED) is 0.532. The highest BCUT2D eigenvalue weighted by Crippen LogP contribution is 2.06. The van der Waals surface area contributed by atoms with Crippen molar-refractivity contribution in [3.63, 3.8) is 0 Å². The minimum absolute atomic E-state index is 0.0950. The van der Waals surface area contributed by atoms with Crippen molar-refractivity contribution in [2.75, 3.05) is 13.2 Å². The first-order chi connectivity index (χ1) is 6.27. The van der Waals surface area contributed by atoms with Crippen molar-refractivity contribution in [2.45, 2.75) is 19.1 Å². The van der Waals surface area contributed by atoms with Crippen LogP contribution in [0.2, 0.25) is 0 Å². The Morgan fingerprint density at radius 3 is 2.85 bits per heavy atom. The van der Waals surface area contributed by atoms with Gasteiger partial charge in [-0.05, 0) is 6.42 Å². The maximum atomic E-state index is 9.15. The van der Waals surface area contributed by atoms with Crippen molar-refractivity contribution < 1.29 is 15.3 Å². The first-order valence-electron chi connectivity index (χ1n) is 4.07. The van der Waals surface area contributed by atoms with Crippen LogP contribution in [-0.2, 0) is 6.54 Å². The Balaban J connectivity index is 2.53. The molecule has 0 radical (unpaired) electrons. The fraction of sp³-hybridized carbons (Fsp3) is 0.714. The molecule has 74 valence electrons. The summed E-state index contributed by atoms with van der Waals surface area (Å²) in [6.45, 7) is 0.290. The Bertz CT molecular complexity index is 251. The van der Waals surface area contributed by atoms with Crippen LogP contribution in [-0.4, -0.2) is 43.5 Å². The van der Waals surface area contributed by atoms with E-state index in [0.717, 1.165) is 0 Å². The lowest BCUT2D eigenvalue weighted by Crippen LogP contribution is -2.02. The van der Waals surface area contributed by atoms with Gasteiger partial charge >= 0.3 is 0 Å². The lowest BCUT2D eigenvalue weighted by Gasteiger charge is -1.99. The van der Waals surface area contributed by atoms with Gasteiger partial charge in [0.15, 0.2) is 0 Å². The molecule has 1 rings (SSSR count). The zero-order valence-corrected chi connectivity index (χ0v) is 7.17. The third-order valence-corrected chi connectivity index (χ3v) is 1.62. The Morgan fingerprint density at radius 2 is 2.23 bits per heavy atom. The van der Waals surface area contributed by atoms with E-state index >= 15 is 0 Å². The maximum absolute atomic E-state index is 9.15. The zero-order valence-electron chi connectivity index (χ0n) is 7.17. The molecule has 1 aromatic heterocycles. The van der Waals surface area contributed by atoms with Crippen molar-refractivity contribution >= 4 is 0 Å². The molecule has 0 fully saturated rings. The molecule has 1 atom stereocenters. The van der Waals surface area contributed by atoms with Crippen LogP contribution >= 0.6 is 0 Å².